The molecule has 0 radical (unpaired) electrons. The van der Waals surface area contributed by atoms with Crippen LogP contribution in [0.2, 0.25) is 0 Å². The molecule has 4 fully saturated rings. The zero-order valence-electron chi connectivity index (χ0n) is 18.9. The summed E-state index contributed by atoms with van der Waals surface area (Å²) in [6, 6.07) is 13.5. The van der Waals surface area contributed by atoms with E-state index in [0.29, 0.717) is 52.0 Å². The number of imidazole rings is 1. The number of nitrogens with zero attached hydrogens (tertiary/aromatic N) is 2. The number of fused-ring (bicyclic) bond motifs is 1. The van der Waals surface area contributed by atoms with Crippen molar-refractivity contribution in [3.8, 4) is 0 Å². The van der Waals surface area contributed by atoms with E-state index in [9.17, 15) is 18.0 Å². The van der Waals surface area contributed by atoms with Crippen molar-refractivity contribution in [3.05, 3.63) is 59.7 Å². The van der Waals surface area contributed by atoms with E-state index in [0.717, 1.165) is 37.0 Å². The largest absolute Gasteiger partial charge is 0.416 e. The summed E-state index contributed by atoms with van der Waals surface area (Å²) in [5.74, 6) is 2.73. The highest BCUT2D eigenvalue weighted by molar-refractivity contribution is 7.99. The number of ketones is 1. The molecule has 4 aliphatic rings. The number of rotatable bonds is 6. The van der Waals surface area contributed by atoms with E-state index in [1.807, 2.05) is 34.9 Å². The molecule has 3 nitrogen and oxygen atoms in total. The molecule has 34 heavy (non-hydrogen) atoms. The summed E-state index contributed by atoms with van der Waals surface area (Å²) in [7, 11) is 0. The molecule has 4 aliphatic carbocycles. The smallest absolute Gasteiger partial charge is 0.314 e. The minimum Gasteiger partial charge on any atom is -0.314 e. The van der Waals surface area contributed by atoms with Crippen molar-refractivity contribution in [1.82, 2.24) is 9.55 Å². The number of benzene rings is 2. The van der Waals surface area contributed by atoms with Crippen molar-refractivity contribution in [2.45, 2.75) is 56.4 Å². The van der Waals surface area contributed by atoms with E-state index in [1.54, 1.807) is 0 Å². The summed E-state index contributed by atoms with van der Waals surface area (Å²) in [5, 5.41) is 0.608. The lowest BCUT2D eigenvalue weighted by atomic mass is 9.48. The number of hydrogen-bond donors (Lipinski definition) is 0. The number of halogens is 3. The average molecular weight is 485 g/mol. The number of aromatic nitrogens is 2. The van der Waals surface area contributed by atoms with Crippen molar-refractivity contribution in [3.63, 3.8) is 0 Å². The van der Waals surface area contributed by atoms with E-state index in [1.165, 1.54) is 37.1 Å². The van der Waals surface area contributed by atoms with Gasteiger partial charge in [-0.25, -0.2) is 4.98 Å². The molecule has 7 rings (SSSR count). The molecule has 4 bridgehead atoms. The standard InChI is InChI=1S/C27H27F3N2OS/c28-27(29,30)21-6-7-23-22(11-21)31-25(32(23)15-17-4-2-1-3-5-17)34-16-24(33)26-12-18-8-19(13-26)10-20(9-18)14-26/h1-7,11,18-20H,8-10,12-16H2. The molecule has 7 heteroatoms. The number of carbonyl (C=O) groups is 1. The topological polar surface area (TPSA) is 34.9 Å². The molecule has 4 saturated carbocycles. The van der Waals surface area contributed by atoms with Gasteiger partial charge in [-0.3, -0.25) is 4.79 Å². The number of alkyl halides is 3. The van der Waals surface area contributed by atoms with E-state index in [4.69, 9.17) is 0 Å². The van der Waals surface area contributed by atoms with Gasteiger partial charge in [0, 0.05) is 5.41 Å². The number of Topliss-reactive ketones (excluding diaryl/α,β-unsaturated/α-hetero) is 1. The lowest BCUT2D eigenvalue weighted by Gasteiger charge is -2.56. The van der Waals surface area contributed by atoms with E-state index < -0.39 is 11.7 Å². The van der Waals surface area contributed by atoms with Crippen LogP contribution in [0.5, 0.6) is 0 Å². The molecule has 0 aliphatic heterocycles. The van der Waals surface area contributed by atoms with E-state index in [2.05, 4.69) is 4.98 Å². The molecular weight excluding hydrogens is 457 g/mol. The SMILES string of the molecule is O=C(CSc1nc2cc(C(F)(F)F)ccc2n1Cc1ccccc1)C12CC3CC(CC(C3)C1)C2. The van der Waals surface area contributed by atoms with Gasteiger partial charge in [0.15, 0.2) is 5.16 Å². The van der Waals surface area contributed by atoms with Crippen LogP contribution in [0.3, 0.4) is 0 Å². The molecular formula is C27H27F3N2OS. The monoisotopic (exact) mass is 484 g/mol. The van der Waals surface area contributed by atoms with Gasteiger partial charge in [-0.15, -0.1) is 0 Å². The van der Waals surface area contributed by atoms with Crippen molar-refractivity contribution < 1.29 is 18.0 Å². The van der Waals surface area contributed by atoms with Crippen molar-refractivity contribution in [2.24, 2.45) is 23.2 Å². The highest BCUT2D eigenvalue weighted by Gasteiger charge is 2.54. The average Bonchev–Trinajstić information content (AvgIpc) is 3.13. The van der Waals surface area contributed by atoms with Crippen LogP contribution in [0.25, 0.3) is 11.0 Å². The summed E-state index contributed by atoms with van der Waals surface area (Å²) < 4.78 is 41.8. The minimum atomic E-state index is -4.42. The third-order valence-electron chi connectivity index (χ3n) is 8.19. The fourth-order valence-electron chi connectivity index (χ4n) is 7.05. The maximum Gasteiger partial charge on any atom is 0.416 e. The lowest BCUT2D eigenvalue weighted by Crippen LogP contribution is -2.50. The van der Waals surface area contributed by atoms with Crippen molar-refractivity contribution >= 4 is 28.6 Å². The molecule has 3 aromatic rings. The first-order valence-corrected chi connectivity index (χ1v) is 13.1. The van der Waals surface area contributed by atoms with Crippen molar-refractivity contribution in [2.75, 3.05) is 5.75 Å². The van der Waals surface area contributed by atoms with Gasteiger partial charge in [0.2, 0.25) is 0 Å². The summed E-state index contributed by atoms with van der Waals surface area (Å²) in [6.45, 7) is 0.497. The Bertz CT molecular complexity index is 1200. The number of thioether (sulfide) groups is 1. The Morgan fingerprint density at radius 2 is 1.65 bits per heavy atom. The fourth-order valence-corrected chi connectivity index (χ4v) is 8.10. The molecule has 0 unspecified atom stereocenters. The maximum atomic E-state index is 13.5. The second-order valence-electron chi connectivity index (χ2n) is 10.6. The fraction of sp³-hybridized carbons (Fsp3) is 0.481. The van der Waals surface area contributed by atoms with Crippen LogP contribution < -0.4 is 0 Å². The maximum absolute atomic E-state index is 13.5. The predicted molar refractivity (Wildman–Crippen MR) is 127 cm³/mol. The Morgan fingerprint density at radius 3 is 2.26 bits per heavy atom. The molecule has 178 valence electrons. The predicted octanol–water partition coefficient (Wildman–Crippen LogP) is 6.98. The summed E-state index contributed by atoms with van der Waals surface area (Å²) in [6.07, 6.45) is 2.50. The van der Waals surface area contributed by atoms with Crippen LogP contribution in [0.4, 0.5) is 13.2 Å². The first-order valence-electron chi connectivity index (χ1n) is 12.1. The van der Waals surface area contributed by atoms with Crippen LogP contribution in [0.15, 0.2) is 53.7 Å². The quantitative estimate of drug-likeness (QED) is 0.354. The molecule has 0 saturated heterocycles. The Morgan fingerprint density at radius 1 is 1.00 bits per heavy atom. The van der Waals surface area contributed by atoms with Gasteiger partial charge in [0.05, 0.1) is 28.9 Å². The highest BCUT2D eigenvalue weighted by atomic mass is 32.2. The Kier molecular flexibility index (Phi) is 5.32. The second-order valence-corrected chi connectivity index (χ2v) is 11.5. The van der Waals surface area contributed by atoms with Gasteiger partial charge in [0.25, 0.3) is 0 Å². The molecule has 2 aromatic carbocycles. The summed E-state index contributed by atoms with van der Waals surface area (Å²) in [4.78, 5) is 18.1. The molecule has 0 N–H and O–H groups in total. The third-order valence-corrected chi connectivity index (χ3v) is 9.16. The van der Waals surface area contributed by atoms with Gasteiger partial charge < -0.3 is 4.57 Å². The Balaban J connectivity index is 1.29. The summed E-state index contributed by atoms with van der Waals surface area (Å²) in [5.41, 5.74) is 1.13. The van der Waals surface area contributed by atoms with E-state index >= 15 is 0 Å². The molecule has 0 atom stereocenters. The van der Waals surface area contributed by atoms with E-state index in [-0.39, 0.29) is 5.41 Å². The minimum absolute atomic E-state index is 0.179. The Labute approximate surface area is 201 Å². The first-order chi connectivity index (χ1) is 16.3. The lowest BCUT2D eigenvalue weighted by molar-refractivity contribution is -0.141. The normalized spacial score (nSPS) is 28.0. The highest BCUT2D eigenvalue weighted by Crippen LogP contribution is 2.60. The van der Waals surface area contributed by atoms with Crippen LogP contribution >= 0.6 is 11.8 Å². The number of hydrogen-bond acceptors (Lipinski definition) is 3. The first kappa shape index (κ1) is 22.2. The summed E-state index contributed by atoms with van der Waals surface area (Å²) >= 11 is 1.38. The molecule has 0 spiro atoms. The Hall–Kier alpha value is -2.28. The van der Waals surface area contributed by atoms with Gasteiger partial charge in [-0.1, -0.05) is 42.1 Å². The third kappa shape index (κ3) is 3.96. The van der Waals surface area contributed by atoms with Crippen LogP contribution in [0, 0.1) is 23.2 Å². The van der Waals surface area contributed by atoms with Gasteiger partial charge >= 0.3 is 6.18 Å². The molecule has 0 amide bonds. The van der Waals surface area contributed by atoms with Gasteiger partial charge in [-0.2, -0.15) is 13.2 Å². The van der Waals surface area contributed by atoms with Crippen molar-refractivity contribution in [1.29, 1.82) is 0 Å². The van der Waals surface area contributed by atoms with Crippen LogP contribution in [-0.4, -0.2) is 21.1 Å². The second kappa shape index (κ2) is 8.14. The zero-order valence-corrected chi connectivity index (χ0v) is 19.7. The van der Waals surface area contributed by atoms with Crippen LogP contribution in [-0.2, 0) is 17.5 Å². The molecule has 1 heterocycles. The number of carbonyl (C=O) groups excluding carboxylic acids is 1. The van der Waals surface area contributed by atoms with Gasteiger partial charge in [0.1, 0.15) is 5.78 Å². The zero-order chi connectivity index (χ0) is 23.5. The van der Waals surface area contributed by atoms with Gasteiger partial charge in [-0.05, 0) is 80.0 Å². The van der Waals surface area contributed by atoms with Crippen LogP contribution in [0.1, 0.15) is 49.7 Å². The molecule has 1 aromatic heterocycles.